The molecule has 0 aliphatic heterocycles. The van der Waals surface area contributed by atoms with E-state index in [1.54, 1.807) is 0 Å². The van der Waals surface area contributed by atoms with Crippen molar-refractivity contribution in [3.8, 4) is 0 Å². The molecule has 1 rings (SSSR count). The average molecular weight is 318 g/mol. The Morgan fingerprint density at radius 3 is 2.44 bits per heavy atom. The largest absolute Gasteiger partial charge is 0.353 e. The number of carbonyl (C=O) groups is 1. The number of alkyl halides is 1. The summed E-state index contributed by atoms with van der Waals surface area (Å²) in [5, 5.41) is 4.22. The van der Waals surface area contributed by atoms with Gasteiger partial charge in [-0.15, -0.1) is 0 Å². The Labute approximate surface area is 120 Å². The van der Waals surface area contributed by atoms with Gasteiger partial charge in [-0.05, 0) is 30.1 Å². The normalized spacial score (nSPS) is 24.9. The van der Waals surface area contributed by atoms with Crippen LogP contribution in [0.5, 0.6) is 0 Å². The summed E-state index contributed by atoms with van der Waals surface area (Å²) in [4.78, 5) is 12.5. The highest BCUT2D eigenvalue weighted by Crippen LogP contribution is 2.42. The molecule has 0 heterocycles. The molecule has 2 atom stereocenters. The van der Waals surface area contributed by atoms with Gasteiger partial charge >= 0.3 is 0 Å². The smallest absolute Gasteiger partial charge is 0.223 e. The van der Waals surface area contributed by atoms with E-state index in [2.05, 4.69) is 55.9 Å². The molecule has 2 unspecified atom stereocenters. The van der Waals surface area contributed by atoms with E-state index in [0.29, 0.717) is 0 Å². The van der Waals surface area contributed by atoms with Crippen LogP contribution in [0.3, 0.4) is 0 Å². The second kappa shape index (κ2) is 5.94. The third-order valence-corrected chi connectivity index (χ3v) is 4.79. The van der Waals surface area contributed by atoms with Crippen molar-refractivity contribution in [3.05, 3.63) is 0 Å². The predicted molar refractivity (Wildman–Crippen MR) is 80.9 cm³/mol. The Hall–Kier alpha value is -0.0500. The van der Waals surface area contributed by atoms with E-state index in [1.165, 1.54) is 12.8 Å². The quantitative estimate of drug-likeness (QED) is 0.776. The molecular weight excluding hydrogens is 290 g/mol. The molecular formula is C15H28BrNO. The topological polar surface area (TPSA) is 29.1 Å². The minimum absolute atomic E-state index is 0.117. The molecule has 1 aliphatic carbocycles. The van der Waals surface area contributed by atoms with Gasteiger partial charge in [0.2, 0.25) is 5.91 Å². The van der Waals surface area contributed by atoms with Gasteiger partial charge in [-0.3, -0.25) is 4.79 Å². The summed E-state index contributed by atoms with van der Waals surface area (Å²) in [7, 11) is 0. The number of amides is 1. The number of rotatable bonds is 4. The highest BCUT2D eigenvalue weighted by Gasteiger charge is 2.40. The number of hydrogen-bond donors (Lipinski definition) is 1. The first-order chi connectivity index (χ1) is 8.18. The second-order valence-electron chi connectivity index (χ2n) is 7.34. The first-order valence-electron chi connectivity index (χ1n) is 7.05. The summed E-state index contributed by atoms with van der Waals surface area (Å²) in [6, 6.07) is 0.251. The molecule has 0 aromatic carbocycles. The van der Waals surface area contributed by atoms with Gasteiger partial charge in [0.25, 0.3) is 0 Å². The van der Waals surface area contributed by atoms with E-state index in [0.717, 1.165) is 18.2 Å². The Kier molecular flexibility index (Phi) is 5.28. The highest BCUT2D eigenvalue weighted by molar-refractivity contribution is 9.09. The van der Waals surface area contributed by atoms with Crippen LogP contribution in [0, 0.1) is 16.7 Å². The third kappa shape index (κ3) is 3.97. The lowest BCUT2D eigenvalue weighted by Crippen LogP contribution is -2.47. The summed E-state index contributed by atoms with van der Waals surface area (Å²) in [6.45, 7) is 11.0. The Morgan fingerprint density at radius 2 is 2.06 bits per heavy atom. The minimum Gasteiger partial charge on any atom is -0.353 e. The van der Waals surface area contributed by atoms with Gasteiger partial charge in [0.05, 0.1) is 0 Å². The maximum absolute atomic E-state index is 12.5. The average Bonchev–Trinajstić information content (AvgIpc) is 2.56. The minimum atomic E-state index is 0.117. The summed E-state index contributed by atoms with van der Waals surface area (Å²) in [5.41, 5.74) is 0.285. The molecule has 0 spiro atoms. The zero-order valence-corrected chi connectivity index (χ0v) is 14.1. The Balaban J connectivity index is 2.67. The summed E-state index contributed by atoms with van der Waals surface area (Å²) in [5.74, 6) is 0.455. The fourth-order valence-electron chi connectivity index (χ4n) is 2.92. The molecule has 106 valence electrons. The monoisotopic (exact) mass is 317 g/mol. The van der Waals surface area contributed by atoms with Crippen molar-refractivity contribution >= 4 is 21.8 Å². The summed E-state index contributed by atoms with van der Waals surface area (Å²) in [6.07, 6.45) is 4.39. The van der Waals surface area contributed by atoms with Crippen molar-refractivity contribution in [2.75, 3.05) is 5.33 Å². The number of hydrogen-bond acceptors (Lipinski definition) is 1. The van der Waals surface area contributed by atoms with Crippen LogP contribution in [0.15, 0.2) is 0 Å². The number of carbonyl (C=O) groups excluding carboxylic acids is 1. The second-order valence-corrected chi connectivity index (χ2v) is 8.13. The van der Waals surface area contributed by atoms with Gasteiger partial charge < -0.3 is 5.32 Å². The van der Waals surface area contributed by atoms with Crippen LogP contribution in [-0.2, 0) is 4.79 Å². The maximum atomic E-state index is 12.5. The van der Waals surface area contributed by atoms with Gasteiger partial charge in [-0.1, -0.05) is 57.0 Å². The molecule has 1 N–H and O–H groups in total. The molecule has 1 amide bonds. The van der Waals surface area contributed by atoms with E-state index in [9.17, 15) is 4.79 Å². The van der Waals surface area contributed by atoms with Crippen molar-refractivity contribution in [1.29, 1.82) is 0 Å². The third-order valence-electron chi connectivity index (χ3n) is 4.33. The maximum Gasteiger partial charge on any atom is 0.223 e. The molecule has 0 saturated heterocycles. The van der Waals surface area contributed by atoms with Crippen LogP contribution in [0.4, 0.5) is 0 Å². The highest BCUT2D eigenvalue weighted by atomic mass is 79.9. The van der Waals surface area contributed by atoms with Crippen molar-refractivity contribution < 1.29 is 4.79 Å². The van der Waals surface area contributed by atoms with Crippen LogP contribution < -0.4 is 5.32 Å². The summed E-state index contributed by atoms with van der Waals surface area (Å²) < 4.78 is 0. The van der Waals surface area contributed by atoms with Crippen molar-refractivity contribution in [2.24, 2.45) is 16.7 Å². The van der Waals surface area contributed by atoms with Gasteiger partial charge in [-0.25, -0.2) is 0 Å². The van der Waals surface area contributed by atoms with Crippen LogP contribution in [0.25, 0.3) is 0 Å². The lowest BCUT2D eigenvalue weighted by atomic mass is 9.80. The fourth-order valence-corrected chi connectivity index (χ4v) is 3.37. The van der Waals surface area contributed by atoms with Crippen LogP contribution >= 0.6 is 15.9 Å². The van der Waals surface area contributed by atoms with E-state index >= 15 is 0 Å². The molecule has 2 nitrogen and oxygen atoms in total. The first kappa shape index (κ1) is 16.0. The van der Waals surface area contributed by atoms with Gasteiger partial charge in [0.15, 0.2) is 0 Å². The lowest BCUT2D eigenvalue weighted by molar-refractivity contribution is -0.129. The van der Waals surface area contributed by atoms with E-state index < -0.39 is 0 Å². The van der Waals surface area contributed by atoms with Gasteiger partial charge in [0.1, 0.15) is 0 Å². The molecule has 0 aromatic rings. The Morgan fingerprint density at radius 1 is 1.44 bits per heavy atom. The summed E-state index contributed by atoms with van der Waals surface area (Å²) >= 11 is 3.49. The molecule has 1 aliphatic rings. The standard InChI is InChI=1S/C15H28BrNO/c1-14(2,3)12(8-10-16)17-13(18)11-7-6-9-15(11,4)5/h11-12H,6-10H2,1-5H3,(H,17,18). The molecule has 0 radical (unpaired) electrons. The molecule has 1 saturated carbocycles. The van der Waals surface area contributed by atoms with Gasteiger partial charge in [-0.2, -0.15) is 0 Å². The van der Waals surface area contributed by atoms with E-state index in [1.807, 2.05) is 0 Å². The predicted octanol–water partition coefficient (Wildman–Crippen LogP) is 4.13. The number of halogens is 1. The van der Waals surface area contributed by atoms with Crippen molar-refractivity contribution in [1.82, 2.24) is 5.32 Å². The van der Waals surface area contributed by atoms with Crippen LogP contribution in [0.1, 0.15) is 60.3 Å². The molecule has 18 heavy (non-hydrogen) atoms. The lowest BCUT2D eigenvalue weighted by Gasteiger charge is -2.34. The zero-order valence-electron chi connectivity index (χ0n) is 12.5. The fraction of sp³-hybridized carbons (Fsp3) is 0.933. The van der Waals surface area contributed by atoms with E-state index in [4.69, 9.17) is 0 Å². The zero-order chi connectivity index (χ0) is 14.0. The van der Waals surface area contributed by atoms with Crippen LogP contribution in [0.2, 0.25) is 0 Å². The van der Waals surface area contributed by atoms with Gasteiger partial charge in [0, 0.05) is 17.3 Å². The molecule has 1 fully saturated rings. The molecule has 0 bridgehead atoms. The van der Waals surface area contributed by atoms with E-state index in [-0.39, 0.29) is 28.7 Å². The molecule has 0 aromatic heterocycles. The first-order valence-corrected chi connectivity index (χ1v) is 8.17. The number of nitrogens with one attached hydrogen (secondary N) is 1. The van der Waals surface area contributed by atoms with Crippen LogP contribution in [-0.4, -0.2) is 17.3 Å². The molecule has 3 heteroatoms. The Bertz CT molecular complexity index is 293. The van der Waals surface area contributed by atoms with Crippen molar-refractivity contribution in [2.45, 2.75) is 66.3 Å². The van der Waals surface area contributed by atoms with Crippen molar-refractivity contribution in [3.63, 3.8) is 0 Å². The SMILES string of the molecule is CC(C)(C)C(CCBr)NC(=O)C1CCCC1(C)C.